The van der Waals surface area contributed by atoms with Crippen LogP contribution in [0.25, 0.3) is 0 Å². The van der Waals surface area contributed by atoms with Crippen LogP contribution >= 0.6 is 0 Å². The predicted molar refractivity (Wildman–Crippen MR) is 130 cm³/mol. The first-order chi connectivity index (χ1) is 15.1. The molecule has 3 nitrogen and oxygen atoms in total. The fraction of sp³-hybridized carbons (Fsp3) is 0.357. The van der Waals surface area contributed by atoms with Gasteiger partial charge in [0.25, 0.3) is 0 Å². The van der Waals surface area contributed by atoms with Gasteiger partial charge in [-0.3, -0.25) is 0 Å². The van der Waals surface area contributed by atoms with Crippen LogP contribution in [0.15, 0.2) is 72.8 Å². The molecule has 3 aliphatic carbocycles. The number of hydrogen-bond donors (Lipinski definition) is 3. The average molecular weight is 414 g/mol. The summed E-state index contributed by atoms with van der Waals surface area (Å²) in [6.07, 6.45) is 8.03. The molecule has 31 heavy (non-hydrogen) atoms. The molecule has 0 aliphatic heterocycles. The van der Waals surface area contributed by atoms with Crippen LogP contribution in [0.1, 0.15) is 64.7 Å². The van der Waals surface area contributed by atoms with Crippen molar-refractivity contribution >= 4 is 0 Å². The summed E-state index contributed by atoms with van der Waals surface area (Å²) < 4.78 is 0. The third-order valence-corrected chi connectivity index (χ3v) is 6.68. The van der Waals surface area contributed by atoms with Gasteiger partial charge in [-0.2, -0.15) is 0 Å². The van der Waals surface area contributed by atoms with Gasteiger partial charge < -0.3 is 17.2 Å². The van der Waals surface area contributed by atoms with E-state index < -0.39 is 0 Å². The van der Waals surface area contributed by atoms with Crippen LogP contribution in [0.2, 0.25) is 0 Å². The lowest BCUT2D eigenvalue weighted by Crippen LogP contribution is -2.18. The zero-order valence-corrected chi connectivity index (χ0v) is 18.3. The van der Waals surface area contributed by atoms with Crippen molar-refractivity contribution in [3.05, 3.63) is 106 Å². The van der Waals surface area contributed by atoms with E-state index in [0.717, 1.165) is 32.1 Å². The van der Waals surface area contributed by atoms with E-state index in [2.05, 4.69) is 72.8 Å². The van der Waals surface area contributed by atoms with Gasteiger partial charge in [0, 0.05) is 18.1 Å². The Morgan fingerprint density at radius 3 is 1.52 bits per heavy atom. The molecule has 162 valence electrons. The maximum absolute atomic E-state index is 5.95. The SMILES string of the molecule is NC1CCCc2ccccc21.NC1CCc2ccccc21.NC1Cc2ccccc2C1. The second kappa shape index (κ2) is 10.2. The molecule has 3 heteroatoms. The van der Waals surface area contributed by atoms with Crippen LogP contribution in [0.4, 0.5) is 0 Å². The number of hydrogen-bond acceptors (Lipinski definition) is 3. The van der Waals surface area contributed by atoms with Crippen LogP contribution in [-0.2, 0) is 25.7 Å². The molecule has 0 bridgehead atoms. The Hall–Kier alpha value is -2.46. The summed E-state index contributed by atoms with van der Waals surface area (Å²) in [5.41, 5.74) is 26.1. The Balaban J connectivity index is 0.000000112. The molecule has 0 spiro atoms. The summed E-state index contributed by atoms with van der Waals surface area (Å²) in [4.78, 5) is 0. The van der Waals surface area contributed by atoms with Crippen molar-refractivity contribution in [3.63, 3.8) is 0 Å². The first-order valence-corrected chi connectivity index (χ1v) is 11.6. The van der Waals surface area contributed by atoms with Crippen molar-refractivity contribution in [2.45, 2.75) is 63.1 Å². The zero-order chi connectivity index (χ0) is 21.6. The Kier molecular flexibility index (Phi) is 7.18. The summed E-state index contributed by atoms with van der Waals surface area (Å²) in [6.45, 7) is 0. The monoisotopic (exact) mass is 413 g/mol. The number of benzene rings is 3. The highest BCUT2D eigenvalue weighted by Gasteiger charge is 2.17. The molecule has 0 radical (unpaired) electrons. The fourth-order valence-corrected chi connectivity index (χ4v) is 4.97. The van der Waals surface area contributed by atoms with Crippen molar-refractivity contribution < 1.29 is 0 Å². The van der Waals surface area contributed by atoms with Gasteiger partial charge >= 0.3 is 0 Å². The van der Waals surface area contributed by atoms with Gasteiger partial charge in [-0.1, -0.05) is 72.8 Å². The smallest absolute Gasteiger partial charge is 0.0300 e. The van der Waals surface area contributed by atoms with Crippen molar-refractivity contribution in [2.24, 2.45) is 17.2 Å². The van der Waals surface area contributed by atoms with Crippen LogP contribution in [-0.4, -0.2) is 6.04 Å². The molecule has 3 aromatic carbocycles. The normalized spacial score (nSPS) is 21.0. The fourth-order valence-electron chi connectivity index (χ4n) is 4.97. The molecule has 0 saturated carbocycles. The molecule has 2 unspecified atom stereocenters. The standard InChI is InChI=1S/C10H13N.2C9H11N/c11-10-7-3-5-8-4-1-2-6-9(8)10;10-9-5-7-3-1-2-4-8(7)6-9;10-9-6-5-7-3-1-2-4-8(7)9/h1-2,4,6,10H,3,5,7,11H2;2*1-4,9H,5-6,10H2. The van der Waals surface area contributed by atoms with Gasteiger partial charge in [0.05, 0.1) is 0 Å². The molecule has 0 amide bonds. The molecule has 3 aromatic rings. The number of nitrogens with two attached hydrogens (primary N) is 3. The molecule has 0 heterocycles. The maximum Gasteiger partial charge on any atom is 0.0300 e. The summed E-state index contributed by atoms with van der Waals surface area (Å²) in [6, 6.07) is 26.4. The van der Waals surface area contributed by atoms with E-state index in [9.17, 15) is 0 Å². The van der Waals surface area contributed by atoms with E-state index in [4.69, 9.17) is 17.2 Å². The third-order valence-electron chi connectivity index (χ3n) is 6.68. The highest BCUT2D eigenvalue weighted by atomic mass is 14.6. The molecule has 0 aromatic heterocycles. The molecular formula is C28H35N3. The van der Waals surface area contributed by atoms with Gasteiger partial charge in [-0.15, -0.1) is 0 Å². The summed E-state index contributed by atoms with van der Waals surface area (Å²) in [5, 5.41) is 0. The molecular weight excluding hydrogens is 378 g/mol. The second-order valence-electron chi connectivity index (χ2n) is 8.98. The topological polar surface area (TPSA) is 78.1 Å². The lowest BCUT2D eigenvalue weighted by molar-refractivity contribution is 0.570. The van der Waals surface area contributed by atoms with Crippen molar-refractivity contribution in [3.8, 4) is 0 Å². The molecule has 2 atom stereocenters. The van der Waals surface area contributed by atoms with Crippen LogP contribution in [0.5, 0.6) is 0 Å². The Labute approximate surface area is 186 Å². The third kappa shape index (κ3) is 5.43. The van der Waals surface area contributed by atoms with Crippen molar-refractivity contribution in [1.82, 2.24) is 0 Å². The maximum atomic E-state index is 5.95. The summed E-state index contributed by atoms with van der Waals surface area (Å²) in [5.74, 6) is 0. The first-order valence-electron chi connectivity index (χ1n) is 11.6. The lowest BCUT2D eigenvalue weighted by atomic mass is 9.88. The predicted octanol–water partition coefficient (Wildman–Crippen LogP) is 4.77. The molecule has 3 aliphatic rings. The molecule has 0 fully saturated rings. The molecule has 6 N–H and O–H groups in total. The van der Waals surface area contributed by atoms with Crippen LogP contribution < -0.4 is 17.2 Å². The Morgan fingerprint density at radius 1 is 0.516 bits per heavy atom. The van der Waals surface area contributed by atoms with Gasteiger partial charge in [0.1, 0.15) is 0 Å². The largest absolute Gasteiger partial charge is 0.327 e. The van der Waals surface area contributed by atoms with E-state index >= 15 is 0 Å². The Bertz CT molecular complexity index is 972. The Morgan fingerprint density at radius 2 is 0.968 bits per heavy atom. The highest BCUT2D eigenvalue weighted by Crippen LogP contribution is 2.28. The summed E-state index contributed by atoms with van der Waals surface area (Å²) >= 11 is 0. The van der Waals surface area contributed by atoms with E-state index in [-0.39, 0.29) is 0 Å². The minimum atomic E-state index is 0.292. The quantitative estimate of drug-likeness (QED) is 0.497. The van der Waals surface area contributed by atoms with Gasteiger partial charge in [-0.05, 0) is 78.3 Å². The van der Waals surface area contributed by atoms with Crippen LogP contribution in [0.3, 0.4) is 0 Å². The minimum absolute atomic E-state index is 0.292. The van der Waals surface area contributed by atoms with Gasteiger partial charge in [0.2, 0.25) is 0 Å². The highest BCUT2D eigenvalue weighted by molar-refractivity contribution is 5.34. The van der Waals surface area contributed by atoms with Crippen molar-refractivity contribution in [1.29, 1.82) is 0 Å². The van der Waals surface area contributed by atoms with E-state index in [1.54, 1.807) is 0 Å². The number of rotatable bonds is 0. The van der Waals surface area contributed by atoms with Gasteiger partial charge in [-0.25, -0.2) is 0 Å². The second-order valence-corrected chi connectivity index (χ2v) is 8.98. The molecule has 6 rings (SSSR count). The van der Waals surface area contributed by atoms with Crippen LogP contribution in [0, 0.1) is 0 Å². The summed E-state index contributed by atoms with van der Waals surface area (Å²) in [7, 11) is 0. The van der Waals surface area contributed by atoms with E-state index in [0.29, 0.717) is 18.1 Å². The lowest BCUT2D eigenvalue weighted by Gasteiger charge is -2.21. The van der Waals surface area contributed by atoms with Crippen molar-refractivity contribution in [2.75, 3.05) is 0 Å². The zero-order valence-electron chi connectivity index (χ0n) is 18.3. The molecule has 0 saturated heterocycles. The average Bonchev–Trinajstić information content (AvgIpc) is 3.37. The van der Waals surface area contributed by atoms with E-state index in [1.165, 1.54) is 46.2 Å². The first kappa shape index (κ1) is 21.8. The van der Waals surface area contributed by atoms with E-state index in [1.807, 2.05) is 0 Å². The number of aryl methyl sites for hydroxylation is 2. The number of fused-ring (bicyclic) bond motifs is 3. The van der Waals surface area contributed by atoms with Gasteiger partial charge in [0.15, 0.2) is 0 Å². The minimum Gasteiger partial charge on any atom is -0.327 e.